The first-order chi connectivity index (χ1) is 10.2. The number of carbonyl (C=O) groups excluding carboxylic acids is 1. The molecule has 0 spiro atoms. The SMILES string of the molecule is COc1ccc(C)cc1CC(=O)C1Cc2ccccc2C1. The fourth-order valence-electron chi connectivity index (χ4n) is 3.16. The van der Waals surface area contributed by atoms with Crippen LogP contribution >= 0.6 is 0 Å². The number of rotatable bonds is 4. The lowest BCUT2D eigenvalue weighted by molar-refractivity contribution is -0.121. The Hall–Kier alpha value is -2.09. The Balaban J connectivity index is 1.75. The van der Waals surface area contributed by atoms with E-state index in [1.807, 2.05) is 19.1 Å². The summed E-state index contributed by atoms with van der Waals surface area (Å²) in [5.74, 6) is 1.24. The number of ether oxygens (including phenoxy) is 1. The van der Waals surface area contributed by atoms with Gasteiger partial charge in [0.1, 0.15) is 11.5 Å². The standard InChI is InChI=1S/C19H20O2/c1-13-7-8-19(21-2)17(9-13)12-18(20)16-10-14-5-3-4-6-15(14)11-16/h3-9,16H,10-12H2,1-2H3. The molecule has 2 aromatic carbocycles. The van der Waals surface area contributed by atoms with E-state index in [-0.39, 0.29) is 5.92 Å². The van der Waals surface area contributed by atoms with E-state index >= 15 is 0 Å². The van der Waals surface area contributed by atoms with Crippen LogP contribution in [-0.4, -0.2) is 12.9 Å². The van der Waals surface area contributed by atoms with E-state index in [9.17, 15) is 4.79 Å². The van der Waals surface area contributed by atoms with Crippen molar-refractivity contribution in [3.05, 3.63) is 64.7 Å². The second kappa shape index (κ2) is 5.72. The number of methoxy groups -OCH3 is 1. The van der Waals surface area contributed by atoms with Gasteiger partial charge in [-0.15, -0.1) is 0 Å². The Kier molecular flexibility index (Phi) is 3.78. The molecule has 21 heavy (non-hydrogen) atoms. The van der Waals surface area contributed by atoms with E-state index in [0.29, 0.717) is 12.2 Å². The lowest BCUT2D eigenvalue weighted by Gasteiger charge is -2.12. The van der Waals surface area contributed by atoms with Crippen LogP contribution in [-0.2, 0) is 24.1 Å². The summed E-state index contributed by atoms with van der Waals surface area (Å²) in [6, 6.07) is 14.4. The summed E-state index contributed by atoms with van der Waals surface area (Å²) in [7, 11) is 1.66. The van der Waals surface area contributed by atoms with Crippen molar-refractivity contribution in [3.63, 3.8) is 0 Å². The molecule has 1 aliphatic rings. The number of benzene rings is 2. The van der Waals surface area contributed by atoms with Crippen LogP contribution in [0.5, 0.6) is 5.75 Å². The molecule has 0 aromatic heterocycles. The minimum atomic E-state index is 0.118. The van der Waals surface area contributed by atoms with Crippen molar-refractivity contribution < 1.29 is 9.53 Å². The molecule has 0 amide bonds. The average Bonchev–Trinajstić information content (AvgIpc) is 2.91. The first-order valence-electron chi connectivity index (χ1n) is 7.40. The molecule has 0 aliphatic heterocycles. The summed E-state index contributed by atoms with van der Waals surface area (Å²) >= 11 is 0. The number of Topliss-reactive ketones (excluding diaryl/α,β-unsaturated/α-hetero) is 1. The number of ketones is 1. The highest BCUT2D eigenvalue weighted by Crippen LogP contribution is 2.29. The van der Waals surface area contributed by atoms with Crippen molar-refractivity contribution >= 4 is 5.78 Å². The smallest absolute Gasteiger partial charge is 0.141 e. The Morgan fingerprint density at radius 2 is 1.81 bits per heavy atom. The molecule has 1 aliphatic carbocycles. The van der Waals surface area contributed by atoms with Crippen LogP contribution in [0.4, 0.5) is 0 Å². The van der Waals surface area contributed by atoms with Gasteiger partial charge >= 0.3 is 0 Å². The van der Waals surface area contributed by atoms with Gasteiger partial charge in [-0.2, -0.15) is 0 Å². The normalized spacial score (nSPS) is 14.0. The first-order valence-corrected chi connectivity index (χ1v) is 7.40. The fourth-order valence-corrected chi connectivity index (χ4v) is 3.16. The van der Waals surface area contributed by atoms with E-state index in [2.05, 4.69) is 30.3 Å². The molecule has 0 saturated heterocycles. The Morgan fingerprint density at radius 3 is 2.43 bits per heavy atom. The van der Waals surface area contributed by atoms with Gasteiger partial charge in [0.2, 0.25) is 0 Å². The predicted octanol–water partition coefficient (Wildman–Crippen LogP) is 3.53. The van der Waals surface area contributed by atoms with Gasteiger partial charge in [-0.05, 0) is 37.0 Å². The first kappa shape index (κ1) is 13.9. The Bertz CT molecular complexity index is 648. The minimum absolute atomic E-state index is 0.118. The highest BCUT2D eigenvalue weighted by Gasteiger charge is 2.27. The highest BCUT2D eigenvalue weighted by atomic mass is 16.5. The van der Waals surface area contributed by atoms with Gasteiger partial charge in [-0.3, -0.25) is 4.79 Å². The molecule has 0 atom stereocenters. The summed E-state index contributed by atoms with van der Waals surface area (Å²) in [6.45, 7) is 2.04. The van der Waals surface area contributed by atoms with E-state index in [1.165, 1.54) is 11.1 Å². The van der Waals surface area contributed by atoms with E-state index in [1.54, 1.807) is 7.11 Å². The topological polar surface area (TPSA) is 26.3 Å². The number of fused-ring (bicyclic) bond motifs is 1. The summed E-state index contributed by atoms with van der Waals surface area (Å²) in [6.07, 6.45) is 2.22. The molecule has 0 heterocycles. The Morgan fingerprint density at radius 1 is 1.14 bits per heavy atom. The molecule has 0 bridgehead atoms. The van der Waals surface area contributed by atoms with E-state index in [4.69, 9.17) is 4.74 Å². The number of carbonyl (C=O) groups is 1. The third-order valence-electron chi connectivity index (χ3n) is 4.31. The fraction of sp³-hybridized carbons (Fsp3) is 0.316. The van der Waals surface area contributed by atoms with Crippen LogP contribution in [0.15, 0.2) is 42.5 Å². The zero-order chi connectivity index (χ0) is 14.8. The maximum atomic E-state index is 12.6. The van der Waals surface area contributed by atoms with E-state index in [0.717, 1.165) is 29.7 Å². The molecular weight excluding hydrogens is 260 g/mol. The van der Waals surface area contributed by atoms with Gasteiger partial charge in [-0.1, -0.05) is 42.0 Å². The van der Waals surface area contributed by atoms with Crippen LogP contribution in [0, 0.1) is 12.8 Å². The molecule has 0 unspecified atom stereocenters. The van der Waals surface area contributed by atoms with Crippen LogP contribution in [0.3, 0.4) is 0 Å². The van der Waals surface area contributed by atoms with Crippen LogP contribution < -0.4 is 4.74 Å². The monoisotopic (exact) mass is 280 g/mol. The largest absolute Gasteiger partial charge is 0.496 e. The maximum Gasteiger partial charge on any atom is 0.141 e. The van der Waals surface area contributed by atoms with Crippen LogP contribution in [0.1, 0.15) is 22.3 Å². The van der Waals surface area contributed by atoms with Gasteiger partial charge in [0.05, 0.1) is 7.11 Å². The zero-order valence-corrected chi connectivity index (χ0v) is 12.6. The number of hydrogen-bond donors (Lipinski definition) is 0. The summed E-state index contributed by atoms with van der Waals surface area (Å²) in [5, 5.41) is 0. The predicted molar refractivity (Wildman–Crippen MR) is 83.8 cm³/mol. The maximum absolute atomic E-state index is 12.6. The molecule has 0 radical (unpaired) electrons. The lowest BCUT2D eigenvalue weighted by Crippen LogP contribution is -2.17. The van der Waals surface area contributed by atoms with Crippen molar-refractivity contribution in [2.75, 3.05) is 7.11 Å². The van der Waals surface area contributed by atoms with Crippen molar-refractivity contribution in [3.8, 4) is 5.75 Å². The average molecular weight is 280 g/mol. The van der Waals surface area contributed by atoms with Crippen LogP contribution in [0.2, 0.25) is 0 Å². The van der Waals surface area contributed by atoms with Gasteiger partial charge < -0.3 is 4.74 Å². The van der Waals surface area contributed by atoms with Crippen LogP contribution in [0.25, 0.3) is 0 Å². The van der Waals surface area contributed by atoms with Crippen molar-refractivity contribution in [2.24, 2.45) is 5.92 Å². The van der Waals surface area contributed by atoms with Gasteiger partial charge in [0.25, 0.3) is 0 Å². The summed E-state index contributed by atoms with van der Waals surface area (Å²) in [4.78, 5) is 12.6. The van der Waals surface area contributed by atoms with Gasteiger partial charge in [-0.25, -0.2) is 0 Å². The lowest BCUT2D eigenvalue weighted by atomic mass is 9.94. The van der Waals surface area contributed by atoms with Crippen molar-refractivity contribution in [1.82, 2.24) is 0 Å². The number of aryl methyl sites for hydroxylation is 1. The summed E-state index contributed by atoms with van der Waals surface area (Å²) in [5.41, 5.74) is 4.81. The second-order valence-electron chi connectivity index (χ2n) is 5.83. The minimum Gasteiger partial charge on any atom is -0.496 e. The molecule has 0 N–H and O–H groups in total. The summed E-state index contributed by atoms with van der Waals surface area (Å²) < 4.78 is 5.37. The third kappa shape index (κ3) is 2.85. The molecule has 0 saturated carbocycles. The van der Waals surface area contributed by atoms with Crippen molar-refractivity contribution in [1.29, 1.82) is 0 Å². The molecule has 108 valence electrons. The second-order valence-corrected chi connectivity index (χ2v) is 5.83. The zero-order valence-electron chi connectivity index (χ0n) is 12.6. The van der Waals surface area contributed by atoms with Gasteiger partial charge in [0.15, 0.2) is 0 Å². The molecule has 2 nitrogen and oxygen atoms in total. The molecule has 0 fully saturated rings. The van der Waals surface area contributed by atoms with Crippen molar-refractivity contribution in [2.45, 2.75) is 26.2 Å². The quantitative estimate of drug-likeness (QED) is 0.856. The molecule has 2 heteroatoms. The molecule has 2 aromatic rings. The number of hydrogen-bond acceptors (Lipinski definition) is 2. The third-order valence-corrected chi connectivity index (χ3v) is 4.31. The van der Waals surface area contributed by atoms with E-state index < -0.39 is 0 Å². The molecular formula is C19H20O2. The Labute approximate surface area is 125 Å². The molecule has 3 rings (SSSR count). The highest BCUT2D eigenvalue weighted by molar-refractivity contribution is 5.85. The van der Waals surface area contributed by atoms with Gasteiger partial charge in [0, 0.05) is 17.9 Å².